The molecule has 1 heterocycles. The number of benzene rings is 1. The quantitative estimate of drug-likeness (QED) is 0.910. The molecule has 1 aromatic carbocycles. The summed E-state index contributed by atoms with van der Waals surface area (Å²) < 4.78 is 0. The van der Waals surface area contributed by atoms with E-state index in [1.807, 2.05) is 11.6 Å². The highest BCUT2D eigenvalue weighted by molar-refractivity contribution is 7.09. The Morgan fingerprint density at radius 1 is 1.39 bits per heavy atom. The molecule has 0 saturated carbocycles. The first-order valence-electron chi connectivity index (χ1n) is 6.36. The van der Waals surface area contributed by atoms with E-state index in [0.717, 1.165) is 18.0 Å². The summed E-state index contributed by atoms with van der Waals surface area (Å²) in [6, 6.07) is 9.21. The predicted octanol–water partition coefficient (Wildman–Crippen LogP) is 3.56. The van der Waals surface area contributed by atoms with Crippen LogP contribution < -0.4 is 5.32 Å². The van der Waals surface area contributed by atoms with Crippen molar-refractivity contribution >= 4 is 11.3 Å². The summed E-state index contributed by atoms with van der Waals surface area (Å²) in [7, 11) is 0. The van der Waals surface area contributed by atoms with Crippen LogP contribution in [-0.4, -0.2) is 4.98 Å². The average molecular weight is 258 g/mol. The summed E-state index contributed by atoms with van der Waals surface area (Å²) in [5.41, 5.74) is 3.22. The van der Waals surface area contributed by atoms with E-state index in [9.17, 15) is 0 Å². The molecule has 0 radical (unpaired) electrons. The molecular formula is C15H18N2S. The van der Waals surface area contributed by atoms with E-state index >= 15 is 0 Å². The third kappa shape index (κ3) is 2.08. The molecular weight excluding hydrogens is 240 g/mol. The number of hydrogen-bond donors (Lipinski definition) is 1. The summed E-state index contributed by atoms with van der Waals surface area (Å²) >= 11 is 1.71. The Hall–Kier alpha value is -1.19. The van der Waals surface area contributed by atoms with Crippen LogP contribution >= 0.6 is 11.3 Å². The Balaban J connectivity index is 1.81. The van der Waals surface area contributed by atoms with Crippen LogP contribution in [0.15, 0.2) is 35.8 Å². The van der Waals surface area contributed by atoms with Gasteiger partial charge in [0, 0.05) is 24.2 Å². The molecule has 2 nitrogen and oxygen atoms in total. The molecule has 1 aromatic heterocycles. The molecule has 1 N–H and O–H groups in total. The Morgan fingerprint density at radius 2 is 2.22 bits per heavy atom. The van der Waals surface area contributed by atoms with Gasteiger partial charge in [-0.25, -0.2) is 4.98 Å². The van der Waals surface area contributed by atoms with E-state index in [0.29, 0.717) is 6.04 Å². The minimum Gasteiger partial charge on any atom is -0.303 e. The van der Waals surface area contributed by atoms with Gasteiger partial charge in [-0.3, -0.25) is 0 Å². The summed E-state index contributed by atoms with van der Waals surface area (Å²) in [4.78, 5) is 4.34. The number of thiazole rings is 1. The molecule has 3 rings (SSSR count). The normalized spacial score (nSPS) is 20.9. The van der Waals surface area contributed by atoms with Gasteiger partial charge in [0.15, 0.2) is 0 Å². The van der Waals surface area contributed by atoms with Crippen LogP contribution in [0, 0.1) is 5.41 Å². The molecule has 3 heteroatoms. The average Bonchev–Trinajstić information content (AvgIpc) is 2.91. The van der Waals surface area contributed by atoms with Gasteiger partial charge in [-0.1, -0.05) is 38.1 Å². The van der Waals surface area contributed by atoms with Gasteiger partial charge in [0.1, 0.15) is 5.01 Å². The van der Waals surface area contributed by atoms with Gasteiger partial charge in [0.25, 0.3) is 0 Å². The number of aromatic nitrogens is 1. The number of nitrogens with zero attached hydrogens (tertiary/aromatic N) is 1. The molecule has 2 aromatic rings. The molecule has 1 aliphatic rings. The van der Waals surface area contributed by atoms with Crippen LogP contribution in [0.1, 0.15) is 36.0 Å². The van der Waals surface area contributed by atoms with Gasteiger partial charge < -0.3 is 5.32 Å². The van der Waals surface area contributed by atoms with E-state index in [4.69, 9.17) is 0 Å². The third-order valence-corrected chi connectivity index (χ3v) is 4.51. The lowest BCUT2D eigenvalue weighted by molar-refractivity contribution is 0.268. The van der Waals surface area contributed by atoms with Crippen LogP contribution in [0.4, 0.5) is 0 Å². The summed E-state index contributed by atoms with van der Waals surface area (Å²) in [5, 5.41) is 6.87. The van der Waals surface area contributed by atoms with Crippen molar-refractivity contribution in [2.24, 2.45) is 5.41 Å². The van der Waals surface area contributed by atoms with Gasteiger partial charge in [-0.05, 0) is 23.0 Å². The standard InChI is InChI=1S/C15H18N2S/c1-15(2)9-11-5-3-4-6-12(11)14(15)17-10-13-16-7-8-18-13/h3-8,14,17H,9-10H2,1-2H3. The van der Waals surface area contributed by atoms with Gasteiger partial charge in [0.05, 0.1) is 0 Å². The van der Waals surface area contributed by atoms with Crippen molar-refractivity contribution in [2.45, 2.75) is 32.9 Å². The van der Waals surface area contributed by atoms with Gasteiger partial charge >= 0.3 is 0 Å². The molecule has 0 saturated heterocycles. The lowest BCUT2D eigenvalue weighted by atomic mass is 9.85. The first kappa shape index (κ1) is 11.9. The maximum Gasteiger partial charge on any atom is 0.106 e. The van der Waals surface area contributed by atoms with Crippen molar-refractivity contribution in [3.63, 3.8) is 0 Å². The smallest absolute Gasteiger partial charge is 0.106 e. The number of fused-ring (bicyclic) bond motifs is 1. The second-order valence-electron chi connectivity index (χ2n) is 5.60. The highest BCUT2D eigenvalue weighted by Gasteiger charge is 2.38. The zero-order valence-electron chi connectivity index (χ0n) is 10.8. The van der Waals surface area contributed by atoms with Gasteiger partial charge in [0.2, 0.25) is 0 Å². The first-order chi connectivity index (χ1) is 8.67. The first-order valence-corrected chi connectivity index (χ1v) is 7.24. The largest absolute Gasteiger partial charge is 0.303 e. The highest BCUT2D eigenvalue weighted by Crippen LogP contribution is 2.45. The monoisotopic (exact) mass is 258 g/mol. The SMILES string of the molecule is CC1(C)Cc2ccccc2C1NCc1nccs1. The second kappa shape index (κ2) is 4.48. The maximum absolute atomic E-state index is 4.34. The molecule has 1 unspecified atom stereocenters. The molecule has 0 amide bonds. The second-order valence-corrected chi connectivity index (χ2v) is 6.58. The Bertz CT molecular complexity index is 531. The zero-order valence-corrected chi connectivity index (χ0v) is 11.6. The zero-order chi connectivity index (χ0) is 12.6. The van der Waals surface area contributed by atoms with Crippen molar-refractivity contribution in [1.82, 2.24) is 10.3 Å². The van der Waals surface area contributed by atoms with Crippen molar-refractivity contribution in [3.05, 3.63) is 52.0 Å². The van der Waals surface area contributed by atoms with E-state index < -0.39 is 0 Å². The van der Waals surface area contributed by atoms with E-state index in [1.54, 1.807) is 11.3 Å². The molecule has 0 fully saturated rings. The van der Waals surface area contributed by atoms with Crippen molar-refractivity contribution in [2.75, 3.05) is 0 Å². The molecule has 0 bridgehead atoms. The summed E-state index contributed by atoms with van der Waals surface area (Å²) in [5.74, 6) is 0. The fourth-order valence-corrected chi connectivity index (χ4v) is 3.47. The number of hydrogen-bond acceptors (Lipinski definition) is 3. The number of nitrogens with one attached hydrogen (secondary N) is 1. The van der Waals surface area contributed by atoms with Crippen molar-refractivity contribution < 1.29 is 0 Å². The molecule has 94 valence electrons. The summed E-state index contributed by atoms with van der Waals surface area (Å²) in [6.45, 7) is 5.54. The van der Waals surface area contributed by atoms with Crippen LogP contribution in [-0.2, 0) is 13.0 Å². The fraction of sp³-hybridized carbons (Fsp3) is 0.400. The third-order valence-electron chi connectivity index (χ3n) is 3.73. The van der Waals surface area contributed by atoms with Crippen LogP contribution in [0.2, 0.25) is 0 Å². The van der Waals surface area contributed by atoms with Crippen molar-refractivity contribution in [3.8, 4) is 0 Å². The van der Waals surface area contributed by atoms with Crippen LogP contribution in [0.25, 0.3) is 0 Å². The molecule has 1 atom stereocenters. The topological polar surface area (TPSA) is 24.9 Å². The van der Waals surface area contributed by atoms with E-state index in [2.05, 4.69) is 48.4 Å². The molecule has 18 heavy (non-hydrogen) atoms. The fourth-order valence-electron chi connectivity index (χ4n) is 2.91. The van der Waals surface area contributed by atoms with Gasteiger partial charge in [-0.2, -0.15) is 0 Å². The lowest BCUT2D eigenvalue weighted by Gasteiger charge is -2.28. The molecule has 0 aliphatic heterocycles. The highest BCUT2D eigenvalue weighted by atomic mass is 32.1. The Labute approximate surface area is 112 Å². The van der Waals surface area contributed by atoms with Gasteiger partial charge in [-0.15, -0.1) is 11.3 Å². The lowest BCUT2D eigenvalue weighted by Crippen LogP contribution is -2.30. The van der Waals surface area contributed by atoms with Crippen LogP contribution in [0.3, 0.4) is 0 Å². The Kier molecular flexibility index (Phi) is 2.96. The number of rotatable bonds is 3. The minimum absolute atomic E-state index is 0.279. The minimum atomic E-state index is 0.279. The maximum atomic E-state index is 4.34. The predicted molar refractivity (Wildman–Crippen MR) is 75.6 cm³/mol. The molecule has 1 aliphatic carbocycles. The molecule has 0 spiro atoms. The Morgan fingerprint density at radius 3 is 3.00 bits per heavy atom. The van der Waals surface area contributed by atoms with E-state index in [-0.39, 0.29) is 5.41 Å². The summed E-state index contributed by atoms with van der Waals surface area (Å²) in [6.07, 6.45) is 3.02. The van der Waals surface area contributed by atoms with Crippen molar-refractivity contribution in [1.29, 1.82) is 0 Å². The van der Waals surface area contributed by atoms with Crippen LogP contribution in [0.5, 0.6) is 0 Å². The van der Waals surface area contributed by atoms with E-state index in [1.165, 1.54) is 11.1 Å².